The average Bonchev–Trinajstić information content (AvgIpc) is 2.25. The highest BCUT2D eigenvalue weighted by Crippen LogP contribution is 2.21. The van der Waals surface area contributed by atoms with Crippen molar-refractivity contribution < 1.29 is 13.9 Å². The van der Waals surface area contributed by atoms with E-state index in [-0.39, 0.29) is 24.9 Å². The number of hydrogen-bond donors (Lipinski definition) is 1. The molecule has 0 aromatic heterocycles. The summed E-state index contributed by atoms with van der Waals surface area (Å²) in [6, 6.07) is 2.82. The SMILES string of the molecule is Cc1cc(Cl)c(COCC(=O)N(C)N)cc1F. The van der Waals surface area contributed by atoms with Crippen LogP contribution in [0.15, 0.2) is 12.1 Å². The lowest BCUT2D eigenvalue weighted by Gasteiger charge is -2.11. The molecule has 0 aliphatic rings. The van der Waals surface area contributed by atoms with Crippen LogP contribution in [0.25, 0.3) is 0 Å². The van der Waals surface area contributed by atoms with Crippen molar-refractivity contribution in [3.63, 3.8) is 0 Å². The summed E-state index contributed by atoms with van der Waals surface area (Å²) in [4.78, 5) is 11.1. The number of nitrogens with zero attached hydrogens (tertiary/aromatic N) is 1. The van der Waals surface area contributed by atoms with Gasteiger partial charge >= 0.3 is 0 Å². The Morgan fingerprint density at radius 1 is 1.59 bits per heavy atom. The number of carbonyl (C=O) groups is 1. The van der Waals surface area contributed by atoms with Crippen molar-refractivity contribution in [2.75, 3.05) is 13.7 Å². The molecule has 0 unspecified atom stereocenters. The highest BCUT2D eigenvalue weighted by molar-refractivity contribution is 6.31. The van der Waals surface area contributed by atoms with E-state index >= 15 is 0 Å². The number of halogens is 2. The average molecular weight is 261 g/mol. The molecule has 1 amide bonds. The third-order valence-corrected chi connectivity index (χ3v) is 2.56. The fourth-order valence-corrected chi connectivity index (χ4v) is 1.42. The van der Waals surface area contributed by atoms with Gasteiger partial charge in [0.15, 0.2) is 0 Å². The summed E-state index contributed by atoms with van der Waals surface area (Å²) in [7, 11) is 1.42. The van der Waals surface area contributed by atoms with Crippen LogP contribution in [0, 0.1) is 12.7 Å². The number of rotatable bonds is 4. The Bertz CT molecular complexity index is 424. The Morgan fingerprint density at radius 3 is 2.82 bits per heavy atom. The fourth-order valence-electron chi connectivity index (χ4n) is 1.15. The van der Waals surface area contributed by atoms with E-state index in [9.17, 15) is 9.18 Å². The molecule has 17 heavy (non-hydrogen) atoms. The van der Waals surface area contributed by atoms with E-state index in [0.717, 1.165) is 5.01 Å². The van der Waals surface area contributed by atoms with Crippen LogP contribution < -0.4 is 5.84 Å². The molecule has 94 valence electrons. The maximum Gasteiger partial charge on any atom is 0.262 e. The maximum atomic E-state index is 13.3. The van der Waals surface area contributed by atoms with Gasteiger partial charge in [-0.1, -0.05) is 11.6 Å². The van der Waals surface area contributed by atoms with Crippen LogP contribution >= 0.6 is 11.6 Å². The molecule has 1 aromatic carbocycles. The Labute approximate surface area is 104 Å². The predicted molar refractivity (Wildman–Crippen MR) is 62.8 cm³/mol. The van der Waals surface area contributed by atoms with Crippen LogP contribution in [-0.2, 0) is 16.1 Å². The summed E-state index contributed by atoms with van der Waals surface area (Å²) in [6.45, 7) is 1.52. The van der Waals surface area contributed by atoms with Crippen molar-refractivity contribution in [1.82, 2.24) is 5.01 Å². The molecule has 0 fully saturated rings. The quantitative estimate of drug-likeness (QED) is 0.509. The molecule has 0 aliphatic heterocycles. The van der Waals surface area contributed by atoms with E-state index in [0.29, 0.717) is 16.1 Å². The summed E-state index contributed by atoms with van der Waals surface area (Å²) in [6.07, 6.45) is 0. The molecule has 0 bridgehead atoms. The van der Waals surface area contributed by atoms with Gasteiger partial charge in [-0.2, -0.15) is 0 Å². The summed E-state index contributed by atoms with van der Waals surface area (Å²) in [5, 5.41) is 1.34. The standard InChI is InChI=1S/C11H14ClFN2O2/c1-7-3-9(12)8(4-10(7)13)5-17-6-11(16)15(2)14/h3-4H,5-6,14H2,1-2H3. The minimum absolute atomic E-state index is 0.0651. The van der Waals surface area contributed by atoms with Crippen molar-refractivity contribution in [3.8, 4) is 0 Å². The first-order chi connectivity index (χ1) is 7.91. The van der Waals surface area contributed by atoms with Crippen LogP contribution in [0.1, 0.15) is 11.1 Å². The zero-order valence-corrected chi connectivity index (χ0v) is 10.4. The highest BCUT2D eigenvalue weighted by atomic mass is 35.5. The molecule has 1 rings (SSSR count). The number of carbonyl (C=O) groups excluding carboxylic acids is 1. The summed E-state index contributed by atoms with van der Waals surface area (Å²) in [5.41, 5.74) is 0.971. The third-order valence-electron chi connectivity index (χ3n) is 2.20. The van der Waals surface area contributed by atoms with E-state index in [1.807, 2.05) is 0 Å². The molecule has 0 saturated heterocycles. The van der Waals surface area contributed by atoms with Gasteiger partial charge in [-0.3, -0.25) is 9.80 Å². The number of nitrogens with two attached hydrogens (primary N) is 1. The van der Waals surface area contributed by atoms with Crippen molar-refractivity contribution in [1.29, 1.82) is 0 Å². The van der Waals surface area contributed by atoms with Gasteiger partial charge in [0.2, 0.25) is 0 Å². The van der Waals surface area contributed by atoms with Crippen molar-refractivity contribution >= 4 is 17.5 Å². The first kappa shape index (κ1) is 13.9. The Kier molecular flexibility index (Phi) is 4.86. The number of amides is 1. The number of ether oxygens (including phenoxy) is 1. The molecule has 0 heterocycles. The third kappa shape index (κ3) is 3.96. The molecule has 0 aliphatic carbocycles. The smallest absolute Gasteiger partial charge is 0.262 e. The van der Waals surface area contributed by atoms with E-state index in [4.69, 9.17) is 22.2 Å². The van der Waals surface area contributed by atoms with Gasteiger partial charge in [-0.15, -0.1) is 0 Å². The second-order valence-electron chi connectivity index (χ2n) is 3.69. The van der Waals surface area contributed by atoms with Gasteiger partial charge in [-0.25, -0.2) is 10.2 Å². The number of aryl methyl sites for hydroxylation is 1. The normalized spacial score (nSPS) is 10.4. The number of hydrazine groups is 1. The summed E-state index contributed by atoms with van der Waals surface area (Å²) < 4.78 is 18.4. The van der Waals surface area contributed by atoms with E-state index in [1.165, 1.54) is 19.2 Å². The lowest BCUT2D eigenvalue weighted by atomic mass is 10.1. The molecular formula is C11H14ClFN2O2. The van der Waals surface area contributed by atoms with Crippen LogP contribution in [0.2, 0.25) is 5.02 Å². The Morgan fingerprint density at radius 2 is 2.24 bits per heavy atom. The molecule has 2 N–H and O–H groups in total. The molecular weight excluding hydrogens is 247 g/mol. The van der Waals surface area contributed by atoms with Crippen LogP contribution in [0.5, 0.6) is 0 Å². The first-order valence-electron chi connectivity index (χ1n) is 4.95. The maximum absolute atomic E-state index is 13.3. The second-order valence-corrected chi connectivity index (χ2v) is 4.10. The van der Waals surface area contributed by atoms with Gasteiger partial charge in [0.25, 0.3) is 5.91 Å². The van der Waals surface area contributed by atoms with E-state index in [2.05, 4.69) is 0 Å². The summed E-state index contributed by atoms with van der Waals surface area (Å²) >= 11 is 5.91. The van der Waals surface area contributed by atoms with Crippen molar-refractivity contribution in [2.24, 2.45) is 5.84 Å². The lowest BCUT2D eigenvalue weighted by Crippen LogP contribution is -2.35. The zero-order chi connectivity index (χ0) is 13.0. The fraction of sp³-hybridized carbons (Fsp3) is 0.364. The molecule has 0 spiro atoms. The molecule has 0 saturated carbocycles. The number of benzene rings is 1. The minimum Gasteiger partial charge on any atom is -0.367 e. The molecule has 0 radical (unpaired) electrons. The summed E-state index contributed by atoms with van der Waals surface area (Å²) in [5.74, 6) is 4.49. The topological polar surface area (TPSA) is 55.6 Å². The van der Waals surface area contributed by atoms with Gasteiger partial charge in [0, 0.05) is 12.1 Å². The predicted octanol–water partition coefficient (Wildman–Crippen LogP) is 1.64. The lowest BCUT2D eigenvalue weighted by molar-refractivity contribution is -0.135. The zero-order valence-electron chi connectivity index (χ0n) is 9.67. The largest absolute Gasteiger partial charge is 0.367 e. The molecule has 6 heteroatoms. The molecule has 0 atom stereocenters. The van der Waals surface area contributed by atoms with Gasteiger partial charge in [0.1, 0.15) is 12.4 Å². The van der Waals surface area contributed by atoms with Crippen LogP contribution in [0.3, 0.4) is 0 Å². The van der Waals surface area contributed by atoms with Gasteiger partial charge in [0.05, 0.1) is 6.61 Å². The number of likely N-dealkylation sites (N-methyl/N-ethyl adjacent to an activating group) is 1. The van der Waals surface area contributed by atoms with E-state index in [1.54, 1.807) is 6.92 Å². The van der Waals surface area contributed by atoms with Crippen LogP contribution in [0.4, 0.5) is 4.39 Å². The number of hydrogen-bond acceptors (Lipinski definition) is 3. The highest BCUT2D eigenvalue weighted by Gasteiger charge is 2.08. The van der Waals surface area contributed by atoms with Crippen molar-refractivity contribution in [3.05, 3.63) is 34.1 Å². The molecule has 4 nitrogen and oxygen atoms in total. The van der Waals surface area contributed by atoms with Gasteiger partial charge in [-0.05, 0) is 30.2 Å². The van der Waals surface area contributed by atoms with Crippen LogP contribution in [-0.4, -0.2) is 24.6 Å². The monoisotopic (exact) mass is 260 g/mol. The van der Waals surface area contributed by atoms with Gasteiger partial charge < -0.3 is 4.74 Å². The minimum atomic E-state index is -0.367. The second kappa shape index (κ2) is 5.95. The Hall–Kier alpha value is -1.17. The van der Waals surface area contributed by atoms with Crippen molar-refractivity contribution in [2.45, 2.75) is 13.5 Å². The molecule has 1 aromatic rings. The first-order valence-corrected chi connectivity index (χ1v) is 5.33. The van der Waals surface area contributed by atoms with E-state index < -0.39 is 0 Å². The Balaban J connectivity index is 2.58.